The standard InChI is InChI=1S/C39H54N2O14/c1-10-29(42)49-21-38(22-50-30(43)11-2,23-51-31(44)12-3)20-40-19-37(9)18-36(7,8)17-16-28(37)41-35(48)55-27-39(24-52-32(45)13-4,25-53-33(46)14-5)26-54-34(47)15-6/h10-15,28,40H,1-6,16-27H2,7-9H3,(H,41,48). The second-order valence-corrected chi connectivity index (χ2v) is 14.3. The van der Waals surface area contributed by atoms with Crippen molar-refractivity contribution in [1.82, 2.24) is 10.6 Å². The van der Waals surface area contributed by atoms with E-state index >= 15 is 0 Å². The van der Waals surface area contributed by atoms with Gasteiger partial charge in [-0.15, -0.1) is 0 Å². The van der Waals surface area contributed by atoms with Crippen LogP contribution in [-0.2, 0) is 61.9 Å². The Balaban J connectivity index is 3.34. The van der Waals surface area contributed by atoms with Crippen molar-refractivity contribution in [1.29, 1.82) is 0 Å². The third-order valence-electron chi connectivity index (χ3n) is 8.79. The Bertz CT molecular complexity index is 1350. The lowest BCUT2D eigenvalue weighted by molar-refractivity contribution is -0.160. The SMILES string of the molecule is C=CC(=O)OCC(CNCC1(C)CC(C)(C)CCC1NC(=O)OCC(COC(=O)C=C)(COC(=O)C=C)COC(=O)C=C)(COC(=O)C=C)COC(=O)C=C. The molecule has 0 aromatic rings. The Kier molecular flexibility index (Phi) is 19.6. The van der Waals surface area contributed by atoms with Gasteiger partial charge in [0.25, 0.3) is 0 Å². The normalized spacial score (nSPS) is 17.4. The fourth-order valence-corrected chi connectivity index (χ4v) is 5.86. The maximum absolute atomic E-state index is 13.5. The van der Waals surface area contributed by atoms with E-state index in [1.165, 1.54) is 0 Å². The zero-order chi connectivity index (χ0) is 41.7. The average molecular weight is 775 g/mol. The quantitative estimate of drug-likeness (QED) is 0.0776. The van der Waals surface area contributed by atoms with Crippen LogP contribution < -0.4 is 10.6 Å². The van der Waals surface area contributed by atoms with Gasteiger partial charge in [-0.3, -0.25) is 0 Å². The van der Waals surface area contributed by atoms with E-state index in [1.54, 1.807) is 0 Å². The lowest BCUT2D eigenvalue weighted by Gasteiger charge is -2.49. The van der Waals surface area contributed by atoms with Crippen LogP contribution >= 0.6 is 0 Å². The second kappa shape index (κ2) is 22.6. The maximum Gasteiger partial charge on any atom is 0.407 e. The van der Waals surface area contributed by atoms with Gasteiger partial charge in [0, 0.05) is 61.0 Å². The van der Waals surface area contributed by atoms with Crippen molar-refractivity contribution in [2.45, 2.75) is 46.1 Å². The first-order valence-corrected chi connectivity index (χ1v) is 17.2. The molecule has 0 aliphatic heterocycles. The van der Waals surface area contributed by atoms with E-state index in [0.717, 1.165) is 42.9 Å². The first kappa shape index (κ1) is 47.5. The van der Waals surface area contributed by atoms with Gasteiger partial charge in [-0.05, 0) is 24.7 Å². The lowest BCUT2D eigenvalue weighted by Crippen LogP contribution is -2.57. The molecule has 0 aromatic heterocycles. The molecular weight excluding hydrogens is 720 g/mol. The van der Waals surface area contributed by atoms with Crippen LogP contribution in [0.15, 0.2) is 75.9 Å². The summed E-state index contributed by atoms with van der Waals surface area (Å²) in [6.07, 6.45) is 6.63. The average Bonchev–Trinajstić information content (AvgIpc) is 3.17. The van der Waals surface area contributed by atoms with Gasteiger partial charge in [-0.1, -0.05) is 60.2 Å². The number of carbonyl (C=O) groups is 7. The summed E-state index contributed by atoms with van der Waals surface area (Å²) < 4.78 is 37.2. The summed E-state index contributed by atoms with van der Waals surface area (Å²) in [5.74, 6) is -4.73. The minimum atomic E-state index is -1.53. The predicted octanol–water partition coefficient (Wildman–Crippen LogP) is 3.24. The summed E-state index contributed by atoms with van der Waals surface area (Å²) in [4.78, 5) is 85.5. The summed E-state index contributed by atoms with van der Waals surface area (Å²) in [7, 11) is 0. The van der Waals surface area contributed by atoms with Gasteiger partial charge >= 0.3 is 41.9 Å². The third-order valence-corrected chi connectivity index (χ3v) is 8.79. The summed E-state index contributed by atoms with van der Waals surface area (Å²) in [5, 5.41) is 6.27. The predicted molar refractivity (Wildman–Crippen MR) is 199 cm³/mol. The molecule has 0 aromatic carbocycles. The molecule has 1 rings (SSSR count). The molecule has 0 bridgehead atoms. The maximum atomic E-state index is 13.5. The summed E-state index contributed by atoms with van der Waals surface area (Å²) >= 11 is 0. The molecule has 2 unspecified atom stereocenters. The monoisotopic (exact) mass is 774 g/mol. The Labute approximate surface area is 321 Å². The Morgan fingerprint density at radius 1 is 0.564 bits per heavy atom. The number of esters is 6. The van der Waals surface area contributed by atoms with Gasteiger partial charge in [-0.2, -0.15) is 0 Å². The minimum Gasteiger partial charge on any atom is -0.462 e. The zero-order valence-corrected chi connectivity index (χ0v) is 32.0. The van der Waals surface area contributed by atoms with E-state index in [2.05, 4.69) is 64.0 Å². The summed E-state index contributed by atoms with van der Waals surface area (Å²) in [5.41, 5.74) is -3.59. The molecule has 0 spiro atoms. The third kappa shape index (κ3) is 17.0. The van der Waals surface area contributed by atoms with Crippen molar-refractivity contribution in [3.63, 3.8) is 0 Å². The van der Waals surface area contributed by atoms with Gasteiger partial charge in [0.05, 0.1) is 5.41 Å². The lowest BCUT2D eigenvalue weighted by atomic mass is 9.61. The molecule has 55 heavy (non-hydrogen) atoms. The summed E-state index contributed by atoms with van der Waals surface area (Å²) in [6, 6.07) is -0.476. The van der Waals surface area contributed by atoms with E-state index in [4.69, 9.17) is 33.2 Å². The van der Waals surface area contributed by atoms with Gasteiger partial charge in [0.1, 0.15) is 51.7 Å². The summed E-state index contributed by atoms with van der Waals surface area (Å²) in [6.45, 7) is 23.7. The first-order chi connectivity index (χ1) is 25.8. The highest BCUT2D eigenvalue weighted by Gasteiger charge is 2.46. The highest BCUT2D eigenvalue weighted by molar-refractivity contribution is 5.83. The smallest absolute Gasteiger partial charge is 0.407 e. The van der Waals surface area contributed by atoms with Crippen LogP contribution in [0.4, 0.5) is 4.79 Å². The number of nitrogens with one attached hydrogen (secondary N) is 2. The Morgan fingerprint density at radius 2 is 0.891 bits per heavy atom. The molecule has 1 amide bonds. The van der Waals surface area contributed by atoms with Crippen LogP contribution in [0.25, 0.3) is 0 Å². The fourth-order valence-electron chi connectivity index (χ4n) is 5.86. The number of amides is 1. The Morgan fingerprint density at radius 3 is 1.24 bits per heavy atom. The number of carbonyl (C=O) groups excluding carboxylic acids is 7. The topological polar surface area (TPSA) is 208 Å². The molecule has 0 heterocycles. The number of hydrogen-bond donors (Lipinski definition) is 2. The van der Waals surface area contributed by atoms with Crippen LogP contribution in [0.5, 0.6) is 0 Å². The molecule has 16 nitrogen and oxygen atoms in total. The first-order valence-electron chi connectivity index (χ1n) is 17.2. The van der Waals surface area contributed by atoms with Crippen molar-refractivity contribution in [3.05, 3.63) is 75.9 Å². The molecular formula is C39H54N2O14. The zero-order valence-electron chi connectivity index (χ0n) is 32.0. The molecule has 0 radical (unpaired) electrons. The van der Waals surface area contributed by atoms with E-state index in [0.29, 0.717) is 12.8 Å². The van der Waals surface area contributed by atoms with Gasteiger partial charge < -0.3 is 43.8 Å². The van der Waals surface area contributed by atoms with Crippen LogP contribution in [0.1, 0.15) is 40.0 Å². The molecule has 1 aliphatic carbocycles. The van der Waals surface area contributed by atoms with E-state index < -0.39 is 90.6 Å². The molecule has 2 atom stereocenters. The van der Waals surface area contributed by atoms with Gasteiger partial charge in [-0.25, -0.2) is 33.6 Å². The highest BCUT2D eigenvalue weighted by Crippen LogP contribution is 2.46. The van der Waals surface area contributed by atoms with Crippen molar-refractivity contribution in [3.8, 4) is 0 Å². The van der Waals surface area contributed by atoms with E-state index in [-0.39, 0.29) is 38.3 Å². The minimum absolute atomic E-state index is 0.0122. The van der Waals surface area contributed by atoms with Crippen molar-refractivity contribution >= 4 is 41.9 Å². The Hall–Kier alpha value is -5.51. The van der Waals surface area contributed by atoms with Crippen LogP contribution in [0.2, 0.25) is 0 Å². The molecule has 1 saturated carbocycles. The van der Waals surface area contributed by atoms with Crippen LogP contribution in [-0.4, -0.2) is 107 Å². The fraction of sp³-hybridized carbons (Fsp3) is 0.513. The van der Waals surface area contributed by atoms with Crippen molar-refractivity contribution in [2.24, 2.45) is 21.7 Å². The molecule has 0 saturated heterocycles. The number of rotatable bonds is 25. The highest BCUT2D eigenvalue weighted by atomic mass is 16.6. The van der Waals surface area contributed by atoms with Gasteiger partial charge in [0.15, 0.2) is 0 Å². The largest absolute Gasteiger partial charge is 0.462 e. The molecule has 1 aliphatic rings. The number of alkyl carbamates (subject to hydrolysis) is 1. The molecule has 2 N–H and O–H groups in total. The molecule has 16 heteroatoms. The molecule has 1 fully saturated rings. The molecule has 304 valence electrons. The van der Waals surface area contributed by atoms with E-state index in [1.807, 2.05) is 6.92 Å². The van der Waals surface area contributed by atoms with Crippen molar-refractivity contribution in [2.75, 3.05) is 59.3 Å². The number of ether oxygens (including phenoxy) is 7. The van der Waals surface area contributed by atoms with Gasteiger partial charge in [0.2, 0.25) is 0 Å². The van der Waals surface area contributed by atoms with Crippen molar-refractivity contribution < 1.29 is 66.7 Å². The number of hydrogen-bond acceptors (Lipinski definition) is 15. The van der Waals surface area contributed by atoms with Crippen LogP contribution in [0.3, 0.4) is 0 Å². The second-order valence-electron chi connectivity index (χ2n) is 14.3. The van der Waals surface area contributed by atoms with Crippen LogP contribution in [0, 0.1) is 21.7 Å². The van der Waals surface area contributed by atoms with E-state index in [9.17, 15) is 33.6 Å².